The maximum atomic E-state index is 9.10. The molecule has 0 amide bonds. The second-order valence-electron chi connectivity index (χ2n) is 0.610. The van der Waals surface area contributed by atoms with E-state index in [2.05, 4.69) is 0 Å². The third-order valence-corrected chi connectivity index (χ3v) is 0.183. The van der Waals surface area contributed by atoms with Gasteiger partial charge in [0.15, 0.2) is 0 Å². The molecule has 0 aromatic rings. The van der Waals surface area contributed by atoms with Gasteiger partial charge in [-0.05, 0) is 0 Å². The summed E-state index contributed by atoms with van der Waals surface area (Å²) in [6, 6.07) is 0. The quantitative estimate of drug-likeness (QED) is 0.503. The van der Waals surface area contributed by atoms with Crippen molar-refractivity contribution in [2.24, 2.45) is 0 Å². The predicted octanol–water partition coefficient (Wildman–Crippen LogP) is -0.425. The van der Waals surface area contributed by atoms with Crippen molar-refractivity contribution in [2.45, 2.75) is 0 Å². The second-order valence-corrected chi connectivity index (χ2v) is 0.610. The van der Waals surface area contributed by atoms with Crippen LogP contribution in [0.1, 0.15) is 0 Å². The Kier molecular flexibility index (Phi) is 13.2. The zero-order chi connectivity index (χ0) is 5.15. The molecule has 6 heteroatoms. The van der Waals surface area contributed by atoms with Crippen LogP contribution in [0.4, 0.5) is 0 Å². The van der Waals surface area contributed by atoms with E-state index in [1.54, 1.807) is 0 Å². The Bertz CT molecular complexity index is 80.0. The van der Waals surface area contributed by atoms with Gasteiger partial charge in [0.2, 0.25) is 0 Å². The molecule has 8 heavy (non-hydrogen) atoms. The molecule has 0 saturated carbocycles. The summed E-state index contributed by atoms with van der Waals surface area (Å²) in [6.45, 7) is 0. The summed E-state index contributed by atoms with van der Waals surface area (Å²) in [5.74, 6) is -3.65. The number of carboxylic acid groups (broad SMARTS) is 2. The van der Waals surface area contributed by atoms with Gasteiger partial charge in [-0.3, -0.25) is 0 Å². The summed E-state index contributed by atoms with van der Waals surface area (Å²) in [5, 5.41) is 14.8. The molecule has 1 radical (unpaired) electrons. The largest absolute Gasteiger partial charge is 0.473 e. The molecule has 0 atom stereocenters. The van der Waals surface area contributed by atoms with Crippen LogP contribution < -0.4 is 0 Å². The van der Waals surface area contributed by atoms with E-state index in [0.717, 1.165) is 0 Å². The van der Waals surface area contributed by atoms with Crippen LogP contribution in [0.3, 0.4) is 0 Å². The number of hydrogen-bond donors (Lipinski definition) is 2. The van der Waals surface area contributed by atoms with E-state index in [9.17, 15) is 0 Å². The first-order valence-corrected chi connectivity index (χ1v) is 1.11. The van der Waals surface area contributed by atoms with Crippen LogP contribution >= 0.6 is 12.4 Å². The average molecular weight is 185 g/mol. The Hall–Kier alpha value is -0.264. The third-order valence-electron chi connectivity index (χ3n) is 0.183. The van der Waals surface area contributed by atoms with Gasteiger partial charge in [-0.15, -0.1) is 12.4 Å². The summed E-state index contributed by atoms with van der Waals surface area (Å²) in [6.07, 6.45) is 0. The van der Waals surface area contributed by atoms with Crippen LogP contribution in [0.15, 0.2) is 0 Å². The summed E-state index contributed by atoms with van der Waals surface area (Å²) in [7, 11) is 0. The summed E-state index contributed by atoms with van der Waals surface area (Å²) in [4.78, 5) is 18.2. The van der Waals surface area contributed by atoms with Crippen molar-refractivity contribution >= 4 is 24.3 Å². The zero-order valence-electron chi connectivity index (χ0n) is 3.45. The molecular weight excluding hydrogens is 182 g/mol. The maximum Gasteiger partial charge on any atom is 0.414 e. The van der Waals surface area contributed by atoms with E-state index >= 15 is 0 Å². The van der Waals surface area contributed by atoms with Gasteiger partial charge in [-0.1, -0.05) is 0 Å². The number of hydrogen-bond acceptors (Lipinski definition) is 2. The van der Waals surface area contributed by atoms with E-state index in [-0.39, 0.29) is 29.2 Å². The molecule has 0 heterocycles. The molecule has 0 aromatic carbocycles. The van der Waals surface area contributed by atoms with E-state index < -0.39 is 11.9 Å². The summed E-state index contributed by atoms with van der Waals surface area (Å²) >= 11 is 0. The minimum atomic E-state index is -1.82. The van der Waals surface area contributed by atoms with Crippen molar-refractivity contribution in [3.8, 4) is 0 Å². The van der Waals surface area contributed by atoms with E-state index in [0.29, 0.717) is 0 Å². The Morgan fingerprint density at radius 1 is 1.00 bits per heavy atom. The van der Waals surface area contributed by atoms with Crippen molar-refractivity contribution in [1.29, 1.82) is 0 Å². The van der Waals surface area contributed by atoms with Crippen LogP contribution in [0.5, 0.6) is 0 Å². The van der Waals surface area contributed by atoms with E-state index in [4.69, 9.17) is 19.8 Å². The molecule has 0 bridgehead atoms. The van der Waals surface area contributed by atoms with Gasteiger partial charge in [-0.2, -0.15) is 0 Å². The molecule has 0 aliphatic carbocycles. The Morgan fingerprint density at radius 3 is 1.12 bits per heavy atom. The van der Waals surface area contributed by atoms with Crippen molar-refractivity contribution in [2.75, 3.05) is 0 Å². The molecule has 4 nitrogen and oxygen atoms in total. The van der Waals surface area contributed by atoms with Crippen LogP contribution in [0.25, 0.3) is 0 Å². The summed E-state index contributed by atoms with van der Waals surface area (Å²) in [5.41, 5.74) is 0. The number of rotatable bonds is 0. The third kappa shape index (κ3) is 9.22. The van der Waals surface area contributed by atoms with Gasteiger partial charge < -0.3 is 10.2 Å². The van der Waals surface area contributed by atoms with Crippen LogP contribution in [0, 0.1) is 0 Å². The van der Waals surface area contributed by atoms with Gasteiger partial charge in [0.25, 0.3) is 0 Å². The number of carbonyl (C=O) groups is 2. The SMILES string of the molecule is Cl.O=C(O)C(=O)O.[Co]. The molecule has 0 aliphatic heterocycles. The molecule has 0 unspecified atom stereocenters. The van der Waals surface area contributed by atoms with E-state index in [1.165, 1.54) is 0 Å². The molecule has 51 valence electrons. The smallest absolute Gasteiger partial charge is 0.414 e. The second kappa shape index (κ2) is 6.74. The first kappa shape index (κ1) is 15.6. The predicted molar refractivity (Wildman–Crippen MR) is 22.5 cm³/mol. The average Bonchev–Trinajstić information content (AvgIpc) is 1.36. The minimum absolute atomic E-state index is 0. The molecule has 0 fully saturated rings. The fourth-order valence-electron chi connectivity index (χ4n) is 0. The van der Waals surface area contributed by atoms with E-state index in [1.807, 2.05) is 0 Å². The number of carboxylic acids is 2. The van der Waals surface area contributed by atoms with Crippen molar-refractivity contribution in [3.05, 3.63) is 0 Å². The molecular formula is C2H3ClCoO4. The first-order chi connectivity index (χ1) is 2.64. The fourth-order valence-corrected chi connectivity index (χ4v) is 0. The summed E-state index contributed by atoms with van der Waals surface area (Å²) < 4.78 is 0. The zero-order valence-corrected chi connectivity index (χ0v) is 5.31. The minimum Gasteiger partial charge on any atom is -0.473 e. The normalized spacial score (nSPS) is 5.50. The molecule has 0 saturated heterocycles. The molecule has 0 aromatic heterocycles. The van der Waals surface area contributed by atoms with Gasteiger partial charge in [0.1, 0.15) is 0 Å². The van der Waals surface area contributed by atoms with Crippen molar-refractivity contribution in [1.82, 2.24) is 0 Å². The van der Waals surface area contributed by atoms with Crippen LogP contribution in [-0.4, -0.2) is 22.2 Å². The Morgan fingerprint density at radius 2 is 1.12 bits per heavy atom. The van der Waals surface area contributed by atoms with Crippen molar-refractivity contribution < 1.29 is 36.6 Å². The number of aliphatic carboxylic acids is 2. The van der Waals surface area contributed by atoms with Gasteiger partial charge in [0, 0.05) is 16.8 Å². The van der Waals surface area contributed by atoms with Crippen molar-refractivity contribution in [3.63, 3.8) is 0 Å². The standard InChI is InChI=1S/C2H2O4.ClH.Co/c3-1(4)2(5)6;;/h(H,3,4)(H,5,6);1H;. The topological polar surface area (TPSA) is 74.6 Å². The monoisotopic (exact) mass is 185 g/mol. The Balaban J connectivity index is -0.000000125. The fraction of sp³-hybridized carbons (Fsp3) is 0. The molecule has 0 aliphatic rings. The molecule has 0 spiro atoms. The van der Waals surface area contributed by atoms with Gasteiger partial charge in [0.05, 0.1) is 0 Å². The maximum absolute atomic E-state index is 9.10. The van der Waals surface area contributed by atoms with Crippen LogP contribution in [-0.2, 0) is 26.4 Å². The first-order valence-electron chi connectivity index (χ1n) is 1.11. The van der Waals surface area contributed by atoms with Gasteiger partial charge >= 0.3 is 11.9 Å². The Labute approximate surface area is 61.5 Å². The number of halogens is 1. The van der Waals surface area contributed by atoms with Crippen LogP contribution in [0.2, 0.25) is 0 Å². The molecule has 2 N–H and O–H groups in total. The molecule has 0 rings (SSSR count). The van der Waals surface area contributed by atoms with Gasteiger partial charge in [-0.25, -0.2) is 9.59 Å².